The van der Waals surface area contributed by atoms with Gasteiger partial charge < -0.3 is 5.73 Å². The second-order valence-corrected chi connectivity index (χ2v) is 4.16. The lowest BCUT2D eigenvalue weighted by molar-refractivity contribution is 0.746. The van der Waals surface area contributed by atoms with Gasteiger partial charge in [-0.15, -0.1) is 11.3 Å². The van der Waals surface area contributed by atoms with E-state index in [2.05, 4.69) is 19.1 Å². The van der Waals surface area contributed by atoms with Crippen molar-refractivity contribution in [1.82, 2.24) is 0 Å². The van der Waals surface area contributed by atoms with Crippen molar-refractivity contribution in [2.45, 2.75) is 32.7 Å². The number of thiophene rings is 1. The van der Waals surface area contributed by atoms with Crippen molar-refractivity contribution in [3.63, 3.8) is 0 Å². The van der Waals surface area contributed by atoms with E-state index < -0.39 is 0 Å². The molecule has 0 fully saturated rings. The molecule has 11 heavy (non-hydrogen) atoms. The summed E-state index contributed by atoms with van der Waals surface area (Å²) in [5.41, 5.74) is 5.68. The first-order valence-electron chi connectivity index (χ1n) is 4.05. The van der Waals surface area contributed by atoms with E-state index in [9.17, 15) is 0 Å². The van der Waals surface area contributed by atoms with Gasteiger partial charge >= 0.3 is 0 Å². The number of hydrogen-bond donors (Lipinski definition) is 1. The molecule has 1 aromatic heterocycles. The van der Waals surface area contributed by atoms with E-state index in [4.69, 9.17) is 5.73 Å². The Hall–Kier alpha value is -0.340. The minimum atomic E-state index is 0.290. The Morgan fingerprint density at radius 3 is 2.55 bits per heavy atom. The topological polar surface area (TPSA) is 26.0 Å². The molecule has 0 saturated carbocycles. The van der Waals surface area contributed by atoms with Crippen LogP contribution in [-0.2, 0) is 12.8 Å². The van der Waals surface area contributed by atoms with Crippen LogP contribution in [0, 0.1) is 0 Å². The molecular formula is C9H15NS. The minimum absolute atomic E-state index is 0.290. The molecule has 1 rings (SSSR count). The van der Waals surface area contributed by atoms with Crippen LogP contribution in [-0.4, -0.2) is 6.04 Å². The SMILES string of the molecule is CCc1ccc(C[C@@H](C)N)s1. The Kier molecular flexibility index (Phi) is 3.09. The van der Waals surface area contributed by atoms with Gasteiger partial charge in [0.05, 0.1) is 0 Å². The molecule has 0 aliphatic rings. The lowest BCUT2D eigenvalue weighted by Gasteiger charge is -1.99. The highest BCUT2D eigenvalue weighted by atomic mass is 32.1. The van der Waals surface area contributed by atoms with E-state index >= 15 is 0 Å². The van der Waals surface area contributed by atoms with Crippen molar-refractivity contribution >= 4 is 11.3 Å². The van der Waals surface area contributed by atoms with E-state index in [1.807, 2.05) is 18.3 Å². The van der Waals surface area contributed by atoms with Crippen molar-refractivity contribution in [3.8, 4) is 0 Å². The van der Waals surface area contributed by atoms with Gasteiger partial charge in [0, 0.05) is 15.8 Å². The fourth-order valence-corrected chi connectivity index (χ4v) is 2.14. The highest BCUT2D eigenvalue weighted by Gasteiger charge is 2.00. The second kappa shape index (κ2) is 3.88. The predicted octanol–water partition coefficient (Wildman–Crippen LogP) is 2.20. The summed E-state index contributed by atoms with van der Waals surface area (Å²) < 4.78 is 0. The summed E-state index contributed by atoms with van der Waals surface area (Å²) in [4.78, 5) is 2.87. The molecule has 62 valence electrons. The Bertz CT molecular complexity index is 215. The standard InChI is InChI=1S/C9H15NS/c1-3-8-4-5-9(11-8)6-7(2)10/h4-5,7H,3,6,10H2,1-2H3/t7-/m1/s1. The fraction of sp³-hybridized carbons (Fsp3) is 0.556. The molecule has 0 saturated heterocycles. The first-order valence-corrected chi connectivity index (χ1v) is 4.87. The Balaban J connectivity index is 2.58. The third-order valence-corrected chi connectivity index (χ3v) is 2.84. The lowest BCUT2D eigenvalue weighted by Crippen LogP contribution is -2.16. The molecule has 1 heterocycles. The first kappa shape index (κ1) is 8.75. The highest BCUT2D eigenvalue weighted by Crippen LogP contribution is 2.17. The van der Waals surface area contributed by atoms with Gasteiger partial charge in [-0.3, -0.25) is 0 Å². The predicted molar refractivity (Wildman–Crippen MR) is 51.1 cm³/mol. The molecule has 0 unspecified atom stereocenters. The molecule has 0 aliphatic carbocycles. The van der Waals surface area contributed by atoms with Gasteiger partial charge in [-0.2, -0.15) is 0 Å². The quantitative estimate of drug-likeness (QED) is 0.737. The normalized spacial score (nSPS) is 13.4. The Morgan fingerprint density at radius 2 is 2.09 bits per heavy atom. The third-order valence-electron chi connectivity index (χ3n) is 1.59. The van der Waals surface area contributed by atoms with Crippen LogP contribution in [0.1, 0.15) is 23.6 Å². The van der Waals surface area contributed by atoms with Crippen LogP contribution in [0.5, 0.6) is 0 Å². The molecular weight excluding hydrogens is 154 g/mol. The minimum Gasteiger partial charge on any atom is -0.328 e. The molecule has 0 amide bonds. The number of aryl methyl sites for hydroxylation is 1. The molecule has 0 aliphatic heterocycles. The Morgan fingerprint density at radius 1 is 1.45 bits per heavy atom. The maximum absolute atomic E-state index is 5.68. The van der Waals surface area contributed by atoms with Gasteiger partial charge in [0.15, 0.2) is 0 Å². The summed E-state index contributed by atoms with van der Waals surface area (Å²) >= 11 is 1.88. The molecule has 2 N–H and O–H groups in total. The third kappa shape index (κ3) is 2.64. The van der Waals surface area contributed by atoms with Crippen molar-refractivity contribution < 1.29 is 0 Å². The summed E-state index contributed by atoms with van der Waals surface area (Å²) in [6.07, 6.45) is 2.16. The zero-order valence-electron chi connectivity index (χ0n) is 7.13. The van der Waals surface area contributed by atoms with Crippen LogP contribution in [0.25, 0.3) is 0 Å². The van der Waals surface area contributed by atoms with Crippen LogP contribution in [0.15, 0.2) is 12.1 Å². The maximum atomic E-state index is 5.68. The zero-order valence-corrected chi connectivity index (χ0v) is 7.95. The lowest BCUT2D eigenvalue weighted by atomic mass is 10.2. The van der Waals surface area contributed by atoms with Gasteiger partial charge in [0.25, 0.3) is 0 Å². The monoisotopic (exact) mass is 169 g/mol. The zero-order chi connectivity index (χ0) is 8.27. The van der Waals surface area contributed by atoms with E-state index in [0.717, 1.165) is 12.8 Å². The van der Waals surface area contributed by atoms with Crippen molar-refractivity contribution in [1.29, 1.82) is 0 Å². The van der Waals surface area contributed by atoms with E-state index in [1.54, 1.807) is 0 Å². The van der Waals surface area contributed by atoms with E-state index in [0.29, 0.717) is 6.04 Å². The largest absolute Gasteiger partial charge is 0.328 e. The summed E-state index contributed by atoms with van der Waals surface area (Å²) in [5.74, 6) is 0. The highest BCUT2D eigenvalue weighted by molar-refractivity contribution is 7.11. The number of rotatable bonds is 3. The molecule has 1 nitrogen and oxygen atoms in total. The van der Waals surface area contributed by atoms with E-state index in [1.165, 1.54) is 9.75 Å². The molecule has 1 atom stereocenters. The molecule has 2 heteroatoms. The number of hydrogen-bond acceptors (Lipinski definition) is 2. The van der Waals surface area contributed by atoms with Gasteiger partial charge in [0.2, 0.25) is 0 Å². The Labute approximate surface area is 72.2 Å². The molecule has 0 aromatic carbocycles. The average Bonchev–Trinajstić information content (AvgIpc) is 2.34. The van der Waals surface area contributed by atoms with Crippen molar-refractivity contribution in [2.75, 3.05) is 0 Å². The fourth-order valence-electron chi connectivity index (χ4n) is 1.04. The number of nitrogens with two attached hydrogens (primary N) is 1. The molecule has 0 spiro atoms. The maximum Gasteiger partial charge on any atom is 0.00634 e. The molecule has 0 bridgehead atoms. The van der Waals surface area contributed by atoms with Crippen molar-refractivity contribution in [2.24, 2.45) is 5.73 Å². The van der Waals surface area contributed by atoms with Crippen LogP contribution >= 0.6 is 11.3 Å². The molecule has 0 radical (unpaired) electrons. The van der Waals surface area contributed by atoms with Crippen LogP contribution in [0.3, 0.4) is 0 Å². The average molecular weight is 169 g/mol. The molecule has 1 aromatic rings. The van der Waals surface area contributed by atoms with Gasteiger partial charge in [0.1, 0.15) is 0 Å². The van der Waals surface area contributed by atoms with Gasteiger partial charge in [-0.05, 0) is 31.9 Å². The van der Waals surface area contributed by atoms with Crippen molar-refractivity contribution in [3.05, 3.63) is 21.9 Å². The summed E-state index contributed by atoms with van der Waals surface area (Å²) in [6, 6.07) is 4.67. The van der Waals surface area contributed by atoms with Crippen LogP contribution in [0.2, 0.25) is 0 Å². The summed E-state index contributed by atoms with van der Waals surface area (Å²) in [5, 5.41) is 0. The van der Waals surface area contributed by atoms with E-state index in [-0.39, 0.29) is 0 Å². The second-order valence-electron chi connectivity index (χ2n) is 2.90. The first-order chi connectivity index (χ1) is 5.22. The summed E-state index contributed by atoms with van der Waals surface area (Å²) in [7, 11) is 0. The van der Waals surface area contributed by atoms with Gasteiger partial charge in [-0.1, -0.05) is 6.92 Å². The smallest absolute Gasteiger partial charge is 0.00634 e. The summed E-state index contributed by atoms with van der Waals surface area (Å²) in [6.45, 7) is 4.23. The van der Waals surface area contributed by atoms with Gasteiger partial charge in [-0.25, -0.2) is 0 Å². The van der Waals surface area contributed by atoms with Crippen LogP contribution < -0.4 is 5.73 Å². The van der Waals surface area contributed by atoms with Crippen LogP contribution in [0.4, 0.5) is 0 Å².